The number of fused-ring (bicyclic) bond motifs is 1. The SMILES string of the molecule is Cc1cnc2cc(N3CCOCC3)nc(OC3CCC(Nc4ncc(OCCN(C)C)cn4)CC3)c2c1. The molecule has 37 heavy (non-hydrogen) atoms. The van der Waals surface area contributed by atoms with Gasteiger partial charge in [-0.15, -0.1) is 0 Å². The molecule has 0 spiro atoms. The molecule has 2 fully saturated rings. The van der Waals surface area contributed by atoms with E-state index in [0.717, 1.165) is 67.6 Å². The third-order valence-corrected chi connectivity index (χ3v) is 6.82. The molecule has 0 bridgehead atoms. The van der Waals surface area contributed by atoms with Crippen molar-refractivity contribution >= 4 is 22.7 Å². The van der Waals surface area contributed by atoms with E-state index in [1.807, 2.05) is 27.2 Å². The summed E-state index contributed by atoms with van der Waals surface area (Å²) in [5.41, 5.74) is 2.01. The second kappa shape index (κ2) is 11.9. The number of pyridine rings is 2. The number of hydrogen-bond donors (Lipinski definition) is 1. The predicted octanol–water partition coefficient (Wildman–Crippen LogP) is 3.31. The first-order chi connectivity index (χ1) is 18.0. The minimum atomic E-state index is 0.114. The Bertz CT molecular complexity index is 1160. The molecule has 0 radical (unpaired) electrons. The molecule has 2 aliphatic rings. The number of morpholine rings is 1. The fourth-order valence-electron chi connectivity index (χ4n) is 4.71. The third kappa shape index (κ3) is 6.75. The van der Waals surface area contributed by atoms with Crippen molar-refractivity contribution in [2.45, 2.75) is 44.8 Å². The Morgan fingerprint density at radius 3 is 2.51 bits per heavy atom. The molecule has 0 unspecified atom stereocenters. The summed E-state index contributed by atoms with van der Waals surface area (Å²) >= 11 is 0. The zero-order chi connectivity index (χ0) is 25.6. The lowest BCUT2D eigenvalue weighted by Crippen LogP contribution is -2.37. The summed E-state index contributed by atoms with van der Waals surface area (Å²) in [6.07, 6.45) is 9.31. The van der Waals surface area contributed by atoms with Gasteiger partial charge in [-0.1, -0.05) is 0 Å². The van der Waals surface area contributed by atoms with Gasteiger partial charge >= 0.3 is 0 Å². The quantitative estimate of drug-likeness (QED) is 0.464. The molecule has 1 N–H and O–H groups in total. The van der Waals surface area contributed by atoms with Crippen LogP contribution in [0.25, 0.3) is 10.9 Å². The maximum absolute atomic E-state index is 6.54. The van der Waals surface area contributed by atoms with E-state index in [9.17, 15) is 0 Å². The molecule has 4 heterocycles. The zero-order valence-corrected chi connectivity index (χ0v) is 22.0. The maximum Gasteiger partial charge on any atom is 0.225 e. The van der Waals surface area contributed by atoms with E-state index in [-0.39, 0.29) is 6.10 Å². The highest BCUT2D eigenvalue weighted by atomic mass is 16.5. The highest BCUT2D eigenvalue weighted by molar-refractivity contribution is 5.86. The van der Waals surface area contributed by atoms with E-state index >= 15 is 0 Å². The van der Waals surface area contributed by atoms with E-state index in [1.54, 1.807) is 12.4 Å². The Hall–Kier alpha value is -3.24. The van der Waals surface area contributed by atoms with Crippen LogP contribution < -0.4 is 19.7 Å². The first kappa shape index (κ1) is 25.4. The molecule has 1 aliphatic heterocycles. The molecule has 3 aromatic heterocycles. The average Bonchev–Trinajstić information content (AvgIpc) is 2.91. The van der Waals surface area contributed by atoms with Crippen LogP contribution >= 0.6 is 0 Å². The number of anilines is 2. The number of nitrogens with one attached hydrogen (secondary N) is 1. The van der Waals surface area contributed by atoms with Gasteiger partial charge < -0.3 is 29.3 Å². The Balaban J connectivity index is 1.19. The van der Waals surface area contributed by atoms with Gasteiger partial charge in [-0.3, -0.25) is 4.98 Å². The van der Waals surface area contributed by atoms with Crippen molar-refractivity contribution in [1.82, 2.24) is 24.8 Å². The molecule has 198 valence electrons. The number of aromatic nitrogens is 4. The fourth-order valence-corrected chi connectivity index (χ4v) is 4.71. The van der Waals surface area contributed by atoms with Crippen LogP contribution in [0.2, 0.25) is 0 Å². The highest BCUT2D eigenvalue weighted by Gasteiger charge is 2.25. The van der Waals surface area contributed by atoms with Gasteiger partial charge in [0.25, 0.3) is 0 Å². The first-order valence-electron chi connectivity index (χ1n) is 13.2. The summed E-state index contributed by atoms with van der Waals surface area (Å²) in [7, 11) is 4.04. The van der Waals surface area contributed by atoms with Crippen LogP contribution in [0.15, 0.2) is 30.7 Å². The Labute approximate surface area is 218 Å². The van der Waals surface area contributed by atoms with Gasteiger partial charge in [-0.2, -0.15) is 4.98 Å². The van der Waals surface area contributed by atoms with Gasteiger partial charge in [0.05, 0.1) is 36.5 Å². The van der Waals surface area contributed by atoms with Crippen molar-refractivity contribution in [1.29, 1.82) is 0 Å². The van der Waals surface area contributed by atoms with Gasteiger partial charge in [0.2, 0.25) is 11.8 Å². The minimum absolute atomic E-state index is 0.114. The number of hydrogen-bond acceptors (Lipinski definition) is 10. The lowest BCUT2D eigenvalue weighted by Gasteiger charge is -2.31. The van der Waals surface area contributed by atoms with Crippen LogP contribution in [0, 0.1) is 6.92 Å². The summed E-state index contributed by atoms with van der Waals surface area (Å²) in [6.45, 7) is 6.59. The Kier molecular flexibility index (Phi) is 8.15. The molecule has 3 aromatic rings. The van der Waals surface area contributed by atoms with Crippen molar-refractivity contribution in [2.75, 3.05) is 63.8 Å². The van der Waals surface area contributed by atoms with Crippen LogP contribution in [-0.4, -0.2) is 90.5 Å². The lowest BCUT2D eigenvalue weighted by atomic mass is 9.93. The lowest BCUT2D eigenvalue weighted by molar-refractivity contribution is 0.122. The van der Waals surface area contributed by atoms with Crippen molar-refractivity contribution in [2.24, 2.45) is 0 Å². The van der Waals surface area contributed by atoms with E-state index in [1.165, 1.54) is 0 Å². The molecule has 10 heteroatoms. The van der Waals surface area contributed by atoms with Crippen molar-refractivity contribution in [3.05, 3.63) is 36.3 Å². The molecular formula is C27H37N7O3. The summed E-state index contributed by atoms with van der Waals surface area (Å²) in [5.74, 6) is 2.91. The highest BCUT2D eigenvalue weighted by Crippen LogP contribution is 2.32. The molecule has 1 aliphatic carbocycles. The van der Waals surface area contributed by atoms with E-state index in [2.05, 4.69) is 42.2 Å². The predicted molar refractivity (Wildman–Crippen MR) is 144 cm³/mol. The minimum Gasteiger partial charge on any atom is -0.489 e. The standard InChI is InChI=1S/C27H37N7O3/c1-19-14-23-24(28-16-19)15-25(34-9-11-35-12-10-34)32-26(23)37-21-6-4-20(5-7-21)31-27-29-17-22(18-30-27)36-13-8-33(2)3/h14-18,20-21H,4-13H2,1-3H3,(H,29,30,31). The summed E-state index contributed by atoms with van der Waals surface area (Å²) in [5, 5.41) is 4.44. The Morgan fingerprint density at radius 2 is 1.78 bits per heavy atom. The topological polar surface area (TPSA) is 97.8 Å². The van der Waals surface area contributed by atoms with Crippen LogP contribution in [0.5, 0.6) is 11.6 Å². The second-order valence-corrected chi connectivity index (χ2v) is 10.1. The second-order valence-electron chi connectivity index (χ2n) is 10.1. The van der Waals surface area contributed by atoms with Gasteiger partial charge in [-0.05, 0) is 58.3 Å². The van der Waals surface area contributed by atoms with Gasteiger partial charge in [0.15, 0.2) is 5.75 Å². The number of nitrogens with zero attached hydrogens (tertiary/aromatic N) is 6. The third-order valence-electron chi connectivity index (χ3n) is 6.82. The van der Waals surface area contributed by atoms with Crippen molar-refractivity contribution < 1.29 is 14.2 Å². The van der Waals surface area contributed by atoms with Crippen molar-refractivity contribution in [3.8, 4) is 11.6 Å². The molecular weight excluding hydrogens is 470 g/mol. The normalized spacial score (nSPS) is 20.3. The fraction of sp³-hybridized carbons (Fsp3) is 0.556. The Morgan fingerprint density at radius 1 is 1.03 bits per heavy atom. The largest absolute Gasteiger partial charge is 0.489 e. The average molecular weight is 508 g/mol. The van der Waals surface area contributed by atoms with Gasteiger partial charge in [-0.25, -0.2) is 9.97 Å². The number of rotatable bonds is 9. The molecule has 0 aromatic carbocycles. The summed E-state index contributed by atoms with van der Waals surface area (Å²) < 4.78 is 17.7. The smallest absolute Gasteiger partial charge is 0.225 e. The number of ether oxygens (including phenoxy) is 3. The molecule has 1 saturated heterocycles. The van der Waals surface area contributed by atoms with Gasteiger partial charge in [0, 0.05) is 37.9 Å². The van der Waals surface area contributed by atoms with Gasteiger partial charge in [0.1, 0.15) is 18.5 Å². The van der Waals surface area contributed by atoms with E-state index < -0.39 is 0 Å². The van der Waals surface area contributed by atoms with E-state index in [4.69, 9.17) is 19.2 Å². The van der Waals surface area contributed by atoms with Crippen LogP contribution in [0.4, 0.5) is 11.8 Å². The monoisotopic (exact) mass is 507 g/mol. The molecule has 10 nitrogen and oxygen atoms in total. The van der Waals surface area contributed by atoms with E-state index in [0.29, 0.717) is 43.4 Å². The molecule has 5 rings (SSSR count). The van der Waals surface area contributed by atoms with Crippen LogP contribution in [0.3, 0.4) is 0 Å². The molecule has 0 atom stereocenters. The van der Waals surface area contributed by atoms with Crippen LogP contribution in [0.1, 0.15) is 31.2 Å². The maximum atomic E-state index is 6.54. The molecule has 1 saturated carbocycles. The van der Waals surface area contributed by atoms with Crippen LogP contribution in [-0.2, 0) is 4.74 Å². The van der Waals surface area contributed by atoms with Crippen molar-refractivity contribution in [3.63, 3.8) is 0 Å². The summed E-state index contributed by atoms with van der Waals surface area (Å²) in [6, 6.07) is 4.49. The first-order valence-corrected chi connectivity index (χ1v) is 13.2. The summed E-state index contributed by atoms with van der Waals surface area (Å²) in [4.78, 5) is 22.8. The number of likely N-dealkylation sites (N-methyl/N-ethyl adjacent to an activating group) is 1. The number of aryl methyl sites for hydroxylation is 1. The molecule has 0 amide bonds. The zero-order valence-electron chi connectivity index (χ0n) is 22.0.